The summed E-state index contributed by atoms with van der Waals surface area (Å²) in [7, 11) is 0. The van der Waals surface area contributed by atoms with Crippen LogP contribution in [0, 0.1) is 0 Å². The Balaban J connectivity index is 2.01. The first kappa shape index (κ1) is 20.9. The summed E-state index contributed by atoms with van der Waals surface area (Å²) in [5.74, 6) is -0.911. The standard InChI is InChI=1S/C24H29NO4/c1-23(2,3)29-22(28)25-16-10-15-20(25)17-24(21(26)27,18-11-6-4-7-12-18)19-13-8-5-9-14-19/h4-9,11-14,20H,10,15-17H2,1-3H3,(H,26,27). The van der Waals surface area contributed by atoms with Crippen molar-refractivity contribution in [2.75, 3.05) is 6.54 Å². The van der Waals surface area contributed by atoms with Crippen molar-refractivity contribution >= 4 is 12.1 Å². The summed E-state index contributed by atoms with van der Waals surface area (Å²) in [5, 5.41) is 10.5. The van der Waals surface area contributed by atoms with E-state index in [-0.39, 0.29) is 12.1 Å². The second-order valence-corrected chi connectivity index (χ2v) is 8.62. The van der Waals surface area contributed by atoms with Crippen molar-refractivity contribution < 1.29 is 19.4 Å². The molecule has 0 spiro atoms. The predicted octanol–water partition coefficient (Wildman–Crippen LogP) is 4.85. The Morgan fingerprint density at radius 2 is 1.52 bits per heavy atom. The fourth-order valence-corrected chi connectivity index (χ4v) is 4.14. The number of nitrogens with zero attached hydrogens (tertiary/aromatic N) is 1. The highest BCUT2D eigenvalue weighted by Gasteiger charge is 2.47. The molecule has 0 aromatic heterocycles. The summed E-state index contributed by atoms with van der Waals surface area (Å²) in [6, 6.07) is 18.4. The highest BCUT2D eigenvalue weighted by Crippen LogP contribution is 2.40. The molecule has 0 aliphatic carbocycles. The van der Waals surface area contributed by atoms with Crippen LogP contribution < -0.4 is 0 Å². The second-order valence-electron chi connectivity index (χ2n) is 8.62. The molecule has 1 atom stereocenters. The zero-order chi connectivity index (χ0) is 21.1. The Morgan fingerprint density at radius 3 is 1.97 bits per heavy atom. The SMILES string of the molecule is CC(C)(C)OC(=O)N1CCCC1CC(C(=O)O)(c1ccccc1)c1ccccc1. The van der Waals surface area contributed by atoms with Gasteiger partial charge < -0.3 is 14.7 Å². The summed E-state index contributed by atoms with van der Waals surface area (Å²) < 4.78 is 5.58. The molecule has 1 saturated heterocycles. The Bertz CT molecular complexity index is 803. The Morgan fingerprint density at radius 1 is 1.00 bits per heavy atom. The molecule has 5 nitrogen and oxygen atoms in total. The molecule has 1 aliphatic rings. The molecule has 2 aromatic carbocycles. The number of amides is 1. The monoisotopic (exact) mass is 395 g/mol. The molecule has 3 rings (SSSR count). The van der Waals surface area contributed by atoms with E-state index in [0.717, 1.165) is 24.0 Å². The molecule has 0 saturated carbocycles. The van der Waals surface area contributed by atoms with Gasteiger partial charge in [-0.25, -0.2) is 4.79 Å². The Labute approximate surface area is 172 Å². The van der Waals surface area contributed by atoms with Gasteiger partial charge in [-0.2, -0.15) is 0 Å². The van der Waals surface area contributed by atoms with Crippen molar-refractivity contribution in [2.45, 2.75) is 57.1 Å². The number of likely N-dealkylation sites (tertiary alicyclic amines) is 1. The molecule has 0 radical (unpaired) electrons. The smallest absolute Gasteiger partial charge is 0.410 e. The quantitative estimate of drug-likeness (QED) is 0.786. The van der Waals surface area contributed by atoms with Crippen LogP contribution in [-0.2, 0) is 14.9 Å². The third kappa shape index (κ3) is 4.44. The maximum absolute atomic E-state index is 12.8. The van der Waals surface area contributed by atoms with Crippen molar-refractivity contribution in [2.24, 2.45) is 0 Å². The van der Waals surface area contributed by atoms with Crippen LogP contribution in [0.15, 0.2) is 60.7 Å². The number of hydrogen-bond donors (Lipinski definition) is 1. The van der Waals surface area contributed by atoms with Gasteiger partial charge in [-0.3, -0.25) is 4.79 Å². The molecule has 1 heterocycles. The molecule has 29 heavy (non-hydrogen) atoms. The molecule has 2 aromatic rings. The van der Waals surface area contributed by atoms with Crippen LogP contribution in [0.4, 0.5) is 4.79 Å². The third-order valence-electron chi connectivity index (χ3n) is 5.45. The molecular weight excluding hydrogens is 366 g/mol. The number of carbonyl (C=O) groups is 2. The van der Waals surface area contributed by atoms with E-state index >= 15 is 0 Å². The minimum atomic E-state index is -1.24. The zero-order valence-electron chi connectivity index (χ0n) is 17.3. The van der Waals surface area contributed by atoms with Gasteiger partial charge in [-0.15, -0.1) is 0 Å². The topological polar surface area (TPSA) is 66.8 Å². The number of ether oxygens (including phenoxy) is 1. The minimum absolute atomic E-state index is 0.207. The van der Waals surface area contributed by atoms with Crippen molar-refractivity contribution in [3.05, 3.63) is 71.8 Å². The van der Waals surface area contributed by atoms with Crippen molar-refractivity contribution in [1.82, 2.24) is 4.90 Å². The van der Waals surface area contributed by atoms with Gasteiger partial charge in [0, 0.05) is 12.6 Å². The number of rotatable bonds is 5. The summed E-state index contributed by atoms with van der Waals surface area (Å²) in [4.78, 5) is 27.2. The Hall–Kier alpha value is -2.82. The van der Waals surface area contributed by atoms with Crippen LogP contribution in [0.3, 0.4) is 0 Å². The lowest BCUT2D eigenvalue weighted by Crippen LogP contribution is -2.46. The molecular formula is C24H29NO4. The van der Waals surface area contributed by atoms with Gasteiger partial charge in [0.1, 0.15) is 11.0 Å². The summed E-state index contributed by atoms with van der Waals surface area (Å²) in [5.41, 5.74) is -0.394. The van der Waals surface area contributed by atoms with E-state index < -0.39 is 17.0 Å². The van der Waals surface area contributed by atoms with E-state index in [1.165, 1.54) is 0 Å². The average Bonchev–Trinajstić information content (AvgIpc) is 3.14. The van der Waals surface area contributed by atoms with Crippen molar-refractivity contribution in [3.8, 4) is 0 Å². The molecule has 1 aliphatic heterocycles. The van der Waals surface area contributed by atoms with Gasteiger partial charge in [0.05, 0.1) is 0 Å². The van der Waals surface area contributed by atoms with Gasteiger partial charge >= 0.3 is 12.1 Å². The number of carboxylic acid groups (broad SMARTS) is 1. The van der Waals surface area contributed by atoms with Crippen molar-refractivity contribution in [3.63, 3.8) is 0 Å². The highest BCUT2D eigenvalue weighted by atomic mass is 16.6. The van der Waals surface area contributed by atoms with E-state index in [2.05, 4.69) is 0 Å². The number of carboxylic acids is 1. The van der Waals surface area contributed by atoms with Crippen LogP contribution in [0.1, 0.15) is 51.2 Å². The maximum Gasteiger partial charge on any atom is 0.410 e. The number of carbonyl (C=O) groups excluding carboxylic acids is 1. The fraction of sp³-hybridized carbons (Fsp3) is 0.417. The molecule has 154 valence electrons. The van der Waals surface area contributed by atoms with Crippen molar-refractivity contribution in [1.29, 1.82) is 0 Å². The number of aliphatic carboxylic acids is 1. The first-order valence-electron chi connectivity index (χ1n) is 10.1. The van der Waals surface area contributed by atoms with E-state index in [1.807, 2.05) is 81.4 Å². The Kier molecular flexibility index (Phi) is 5.96. The molecule has 1 fully saturated rings. The number of hydrogen-bond acceptors (Lipinski definition) is 3. The lowest BCUT2D eigenvalue weighted by molar-refractivity contribution is -0.143. The van der Waals surface area contributed by atoms with Crippen LogP contribution in [0.5, 0.6) is 0 Å². The number of benzene rings is 2. The van der Waals surface area contributed by atoms with E-state index in [9.17, 15) is 14.7 Å². The first-order chi connectivity index (χ1) is 13.7. The van der Waals surface area contributed by atoms with Gasteiger partial charge in [0.2, 0.25) is 0 Å². The van der Waals surface area contributed by atoms with Crippen LogP contribution in [-0.4, -0.2) is 40.3 Å². The lowest BCUT2D eigenvalue weighted by atomic mass is 9.70. The van der Waals surface area contributed by atoms with Gasteiger partial charge in [0.15, 0.2) is 0 Å². The maximum atomic E-state index is 12.8. The summed E-state index contributed by atoms with van der Waals surface area (Å²) in [6.45, 7) is 6.10. The van der Waals surface area contributed by atoms with Gasteiger partial charge in [0.25, 0.3) is 0 Å². The highest BCUT2D eigenvalue weighted by molar-refractivity contribution is 5.86. The van der Waals surface area contributed by atoms with Gasteiger partial charge in [-0.05, 0) is 51.2 Å². The lowest BCUT2D eigenvalue weighted by Gasteiger charge is -2.36. The molecule has 0 bridgehead atoms. The first-order valence-corrected chi connectivity index (χ1v) is 10.1. The third-order valence-corrected chi connectivity index (χ3v) is 5.45. The van der Waals surface area contributed by atoms with Crippen LogP contribution >= 0.6 is 0 Å². The normalized spacial score (nSPS) is 17.2. The van der Waals surface area contributed by atoms with Crippen LogP contribution in [0.2, 0.25) is 0 Å². The molecule has 1 N–H and O–H groups in total. The average molecular weight is 395 g/mol. The largest absolute Gasteiger partial charge is 0.480 e. The summed E-state index contributed by atoms with van der Waals surface area (Å²) >= 11 is 0. The fourth-order valence-electron chi connectivity index (χ4n) is 4.14. The molecule has 1 unspecified atom stereocenters. The van der Waals surface area contributed by atoms with Crippen LogP contribution in [0.25, 0.3) is 0 Å². The van der Waals surface area contributed by atoms with Gasteiger partial charge in [-0.1, -0.05) is 60.7 Å². The minimum Gasteiger partial charge on any atom is -0.480 e. The molecule has 5 heteroatoms. The molecule has 1 amide bonds. The van der Waals surface area contributed by atoms with E-state index in [0.29, 0.717) is 13.0 Å². The zero-order valence-corrected chi connectivity index (χ0v) is 17.3. The summed E-state index contributed by atoms with van der Waals surface area (Å²) in [6.07, 6.45) is 1.52. The predicted molar refractivity (Wildman–Crippen MR) is 112 cm³/mol. The van der Waals surface area contributed by atoms with E-state index in [4.69, 9.17) is 4.74 Å². The van der Waals surface area contributed by atoms with E-state index in [1.54, 1.807) is 4.90 Å². The second kappa shape index (κ2) is 8.27.